The molecule has 0 saturated carbocycles. The maximum Gasteiger partial charge on any atom is 0.0972 e. The normalized spacial score (nSPS) is 11.5. The van der Waals surface area contributed by atoms with Gasteiger partial charge in [-0.3, -0.25) is 9.97 Å². The fourth-order valence-corrected chi connectivity index (χ4v) is 4.80. The summed E-state index contributed by atoms with van der Waals surface area (Å²) in [7, 11) is 0. The number of fused-ring (bicyclic) bond motifs is 5. The Balaban J connectivity index is 1.34. The second-order valence-electron chi connectivity index (χ2n) is 8.59. The summed E-state index contributed by atoms with van der Waals surface area (Å²) < 4.78 is 0. The SMILES string of the molecule is c1ccc2c(-c3ccc4cc(-c5ccc6ccc7cccnc7c6n5)ccc4c3)cncc2c1. The van der Waals surface area contributed by atoms with Crippen LogP contribution in [-0.4, -0.2) is 15.0 Å². The number of hydrogen-bond acceptors (Lipinski definition) is 3. The van der Waals surface area contributed by atoms with Crippen LogP contribution in [0.3, 0.4) is 0 Å². The van der Waals surface area contributed by atoms with E-state index in [-0.39, 0.29) is 0 Å². The number of rotatable bonds is 2. The minimum atomic E-state index is 0.939. The monoisotopic (exact) mass is 433 g/mol. The molecule has 0 N–H and O–H groups in total. The fourth-order valence-electron chi connectivity index (χ4n) is 4.80. The Morgan fingerprint density at radius 1 is 0.500 bits per heavy atom. The first kappa shape index (κ1) is 18.9. The minimum absolute atomic E-state index is 0.939. The standard InChI is InChI=1S/C31H19N3/c1-2-6-27-26(4-1)18-32-19-28(27)24-11-9-23-17-25(12-10-22(23)16-24)29-14-13-21-8-7-20-5-3-15-33-30(20)31(21)34-29/h1-19H. The molecule has 3 aromatic heterocycles. The molecule has 158 valence electrons. The van der Waals surface area contributed by atoms with Crippen molar-refractivity contribution in [3.63, 3.8) is 0 Å². The zero-order valence-corrected chi connectivity index (χ0v) is 18.3. The summed E-state index contributed by atoms with van der Waals surface area (Å²) in [6.07, 6.45) is 5.70. The highest BCUT2D eigenvalue weighted by atomic mass is 14.7. The van der Waals surface area contributed by atoms with Gasteiger partial charge in [-0.2, -0.15) is 0 Å². The van der Waals surface area contributed by atoms with Crippen LogP contribution in [0.2, 0.25) is 0 Å². The molecule has 0 saturated heterocycles. The van der Waals surface area contributed by atoms with Crippen LogP contribution in [0, 0.1) is 0 Å². The number of pyridine rings is 3. The fraction of sp³-hybridized carbons (Fsp3) is 0. The van der Waals surface area contributed by atoms with Gasteiger partial charge in [0.15, 0.2) is 0 Å². The van der Waals surface area contributed by atoms with E-state index in [1.54, 1.807) is 0 Å². The molecule has 7 aromatic rings. The molecule has 4 aromatic carbocycles. The van der Waals surface area contributed by atoms with Crippen LogP contribution < -0.4 is 0 Å². The Kier molecular flexibility index (Phi) is 4.15. The van der Waals surface area contributed by atoms with E-state index < -0.39 is 0 Å². The van der Waals surface area contributed by atoms with Crippen LogP contribution in [0.25, 0.3) is 65.7 Å². The molecule has 3 heteroatoms. The van der Waals surface area contributed by atoms with Gasteiger partial charge in [0.05, 0.1) is 16.7 Å². The third kappa shape index (κ3) is 3.02. The molecule has 0 aliphatic rings. The van der Waals surface area contributed by atoms with Crippen LogP contribution in [0.1, 0.15) is 0 Å². The molecule has 0 atom stereocenters. The van der Waals surface area contributed by atoms with Crippen molar-refractivity contribution in [1.82, 2.24) is 15.0 Å². The molecule has 3 heterocycles. The van der Waals surface area contributed by atoms with Crippen molar-refractivity contribution in [3.05, 3.63) is 116 Å². The summed E-state index contributed by atoms with van der Waals surface area (Å²) in [6.45, 7) is 0. The molecule has 0 spiro atoms. The van der Waals surface area contributed by atoms with Crippen molar-refractivity contribution >= 4 is 43.4 Å². The second kappa shape index (κ2) is 7.46. The van der Waals surface area contributed by atoms with E-state index >= 15 is 0 Å². The number of hydrogen-bond donors (Lipinski definition) is 0. The van der Waals surface area contributed by atoms with Gasteiger partial charge in [0.25, 0.3) is 0 Å². The maximum absolute atomic E-state index is 5.01. The van der Waals surface area contributed by atoms with E-state index in [2.05, 4.69) is 101 Å². The summed E-state index contributed by atoms with van der Waals surface area (Å²) >= 11 is 0. The molecule has 0 aliphatic heterocycles. The molecule has 3 nitrogen and oxygen atoms in total. The molecule has 0 amide bonds. The molecular weight excluding hydrogens is 414 g/mol. The first-order valence-corrected chi connectivity index (χ1v) is 11.4. The highest BCUT2D eigenvalue weighted by Crippen LogP contribution is 2.32. The van der Waals surface area contributed by atoms with Gasteiger partial charge >= 0.3 is 0 Å². The van der Waals surface area contributed by atoms with Gasteiger partial charge in [-0.25, -0.2) is 4.98 Å². The average molecular weight is 434 g/mol. The smallest absolute Gasteiger partial charge is 0.0972 e. The quantitative estimate of drug-likeness (QED) is 0.261. The molecule has 0 unspecified atom stereocenters. The van der Waals surface area contributed by atoms with Crippen LogP contribution in [0.15, 0.2) is 116 Å². The number of aromatic nitrogens is 3. The van der Waals surface area contributed by atoms with Gasteiger partial charge in [-0.1, -0.05) is 72.8 Å². The zero-order chi connectivity index (χ0) is 22.5. The molecule has 34 heavy (non-hydrogen) atoms. The zero-order valence-electron chi connectivity index (χ0n) is 18.3. The van der Waals surface area contributed by atoms with Crippen molar-refractivity contribution in [3.8, 4) is 22.4 Å². The summed E-state index contributed by atoms with van der Waals surface area (Å²) in [6, 6.07) is 34.0. The largest absolute Gasteiger partial charge is 0.263 e. The van der Waals surface area contributed by atoms with E-state index in [1.807, 2.05) is 24.7 Å². The van der Waals surface area contributed by atoms with Crippen LogP contribution in [0.4, 0.5) is 0 Å². The molecule has 0 fully saturated rings. The van der Waals surface area contributed by atoms with Crippen molar-refractivity contribution in [2.24, 2.45) is 0 Å². The third-order valence-electron chi connectivity index (χ3n) is 6.55. The first-order chi connectivity index (χ1) is 16.8. The molecule has 0 bridgehead atoms. The lowest BCUT2D eigenvalue weighted by atomic mass is 9.97. The predicted octanol–water partition coefficient (Wildman–Crippen LogP) is 7.82. The average Bonchev–Trinajstić information content (AvgIpc) is 2.92. The number of benzene rings is 4. The molecule has 7 rings (SSSR count). The van der Waals surface area contributed by atoms with E-state index in [0.29, 0.717) is 0 Å². The minimum Gasteiger partial charge on any atom is -0.263 e. The van der Waals surface area contributed by atoms with Crippen molar-refractivity contribution in [2.45, 2.75) is 0 Å². The highest BCUT2D eigenvalue weighted by molar-refractivity contribution is 6.03. The summed E-state index contributed by atoms with van der Waals surface area (Å²) in [5.74, 6) is 0. The maximum atomic E-state index is 5.01. The lowest BCUT2D eigenvalue weighted by Gasteiger charge is -2.09. The topological polar surface area (TPSA) is 38.7 Å². The Morgan fingerprint density at radius 2 is 1.21 bits per heavy atom. The predicted molar refractivity (Wildman–Crippen MR) is 141 cm³/mol. The van der Waals surface area contributed by atoms with Crippen LogP contribution >= 0.6 is 0 Å². The second-order valence-corrected chi connectivity index (χ2v) is 8.59. The van der Waals surface area contributed by atoms with Crippen LogP contribution in [0.5, 0.6) is 0 Å². The lowest BCUT2D eigenvalue weighted by molar-refractivity contribution is 1.36. The van der Waals surface area contributed by atoms with Crippen molar-refractivity contribution in [2.75, 3.05) is 0 Å². The van der Waals surface area contributed by atoms with E-state index in [4.69, 9.17) is 4.98 Å². The summed E-state index contributed by atoms with van der Waals surface area (Å²) in [5, 5.41) is 6.96. The Labute approximate surface area is 196 Å². The van der Waals surface area contributed by atoms with Crippen molar-refractivity contribution in [1.29, 1.82) is 0 Å². The Hall–Kier alpha value is -4.63. The molecule has 0 radical (unpaired) electrons. The summed E-state index contributed by atoms with van der Waals surface area (Å²) in [5.41, 5.74) is 6.26. The molecule has 0 aliphatic carbocycles. The third-order valence-corrected chi connectivity index (χ3v) is 6.55. The van der Waals surface area contributed by atoms with Crippen molar-refractivity contribution < 1.29 is 0 Å². The molecular formula is C31H19N3. The van der Waals surface area contributed by atoms with Gasteiger partial charge < -0.3 is 0 Å². The van der Waals surface area contributed by atoms with Gasteiger partial charge in [-0.15, -0.1) is 0 Å². The van der Waals surface area contributed by atoms with Gasteiger partial charge in [0.1, 0.15) is 0 Å². The van der Waals surface area contributed by atoms with E-state index in [9.17, 15) is 0 Å². The highest BCUT2D eigenvalue weighted by Gasteiger charge is 2.09. The Bertz CT molecular complexity index is 1870. The first-order valence-electron chi connectivity index (χ1n) is 11.4. The Morgan fingerprint density at radius 3 is 2.12 bits per heavy atom. The van der Waals surface area contributed by atoms with Gasteiger partial charge in [-0.05, 0) is 46.0 Å². The van der Waals surface area contributed by atoms with Crippen LogP contribution in [-0.2, 0) is 0 Å². The number of nitrogens with zero attached hydrogens (tertiary/aromatic N) is 3. The van der Waals surface area contributed by atoms with Gasteiger partial charge in [0, 0.05) is 45.9 Å². The van der Waals surface area contributed by atoms with E-state index in [1.165, 1.54) is 21.7 Å². The summed E-state index contributed by atoms with van der Waals surface area (Å²) in [4.78, 5) is 14.1. The van der Waals surface area contributed by atoms with E-state index in [0.717, 1.165) is 44.0 Å². The van der Waals surface area contributed by atoms with Gasteiger partial charge in [0.2, 0.25) is 0 Å². The lowest BCUT2D eigenvalue weighted by Crippen LogP contribution is -1.89.